The van der Waals surface area contributed by atoms with Crippen molar-refractivity contribution >= 4 is 23.2 Å². The van der Waals surface area contributed by atoms with Crippen LogP contribution >= 0.6 is 23.2 Å². The van der Waals surface area contributed by atoms with Gasteiger partial charge in [0.1, 0.15) is 10.8 Å². The Morgan fingerprint density at radius 1 is 1.36 bits per heavy atom. The third kappa shape index (κ3) is 2.72. The Balaban J connectivity index is 3.07. The van der Waals surface area contributed by atoms with Crippen molar-refractivity contribution in [3.63, 3.8) is 0 Å². The molecule has 0 aliphatic heterocycles. The maximum Gasteiger partial charge on any atom is 0.387 e. The van der Waals surface area contributed by atoms with Crippen LogP contribution in [0.1, 0.15) is 12.5 Å². The van der Waals surface area contributed by atoms with E-state index in [0.29, 0.717) is 6.42 Å². The molecule has 0 bridgehead atoms. The molecule has 0 amide bonds. The standard InChI is InChI=1S/C9H8Cl2F2O/c1-2-5-3-6(10)8(11)7(4-5)14-9(12)13/h3-4,9H,2H2,1H3. The smallest absolute Gasteiger partial charge is 0.387 e. The Bertz CT molecular complexity index is 329. The summed E-state index contributed by atoms with van der Waals surface area (Å²) in [5.74, 6) is -0.0778. The third-order valence-corrected chi connectivity index (χ3v) is 2.46. The lowest BCUT2D eigenvalue weighted by Crippen LogP contribution is -2.03. The second kappa shape index (κ2) is 4.80. The van der Waals surface area contributed by atoms with Crippen molar-refractivity contribution in [2.75, 3.05) is 0 Å². The van der Waals surface area contributed by atoms with Crippen LogP contribution in [0.3, 0.4) is 0 Å². The number of halogens is 4. The van der Waals surface area contributed by atoms with Gasteiger partial charge in [-0.05, 0) is 24.1 Å². The molecule has 0 radical (unpaired) electrons. The molecular weight excluding hydrogens is 233 g/mol. The molecule has 1 rings (SSSR count). The molecule has 78 valence electrons. The SMILES string of the molecule is CCc1cc(Cl)c(Cl)c(OC(F)F)c1. The summed E-state index contributed by atoms with van der Waals surface area (Å²) >= 11 is 11.4. The van der Waals surface area contributed by atoms with Crippen molar-refractivity contribution in [3.8, 4) is 5.75 Å². The van der Waals surface area contributed by atoms with E-state index in [0.717, 1.165) is 5.56 Å². The molecule has 0 aromatic heterocycles. The summed E-state index contributed by atoms with van der Waals surface area (Å²) < 4.78 is 28.1. The number of benzene rings is 1. The van der Waals surface area contributed by atoms with Crippen molar-refractivity contribution in [3.05, 3.63) is 27.7 Å². The average molecular weight is 241 g/mol. The first-order chi connectivity index (χ1) is 6.54. The normalized spacial score (nSPS) is 10.7. The molecule has 1 nitrogen and oxygen atoms in total. The molecule has 0 saturated carbocycles. The lowest BCUT2D eigenvalue weighted by molar-refractivity contribution is -0.0498. The van der Waals surface area contributed by atoms with Crippen molar-refractivity contribution in [1.29, 1.82) is 0 Å². The molecule has 0 aliphatic rings. The highest BCUT2D eigenvalue weighted by Crippen LogP contribution is 2.34. The molecule has 0 unspecified atom stereocenters. The van der Waals surface area contributed by atoms with Crippen LogP contribution in [-0.2, 0) is 6.42 Å². The van der Waals surface area contributed by atoms with Gasteiger partial charge in [0.25, 0.3) is 0 Å². The topological polar surface area (TPSA) is 9.23 Å². The van der Waals surface area contributed by atoms with Crippen LogP contribution in [0.15, 0.2) is 12.1 Å². The van der Waals surface area contributed by atoms with E-state index in [1.165, 1.54) is 6.07 Å². The zero-order valence-corrected chi connectivity index (χ0v) is 8.87. The Morgan fingerprint density at radius 2 is 2.00 bits per heavy atom. The van der Waals surface area contributed by atoms with Gasteiger partial charge in [0.05, 0.1) is 5.02 Å². The highest BCUT2D eigenvalue weighted by Gasteiger charge is 2.12. The molecule has 0 spiro atoms. The van der Waals surface area contributed by atoms with E-state index < -0.39 is 6.61 Å². The molecule has 0 heterocycles. The summed E-state index contributed by atoms with van der Waals surface area (Å²) in [6.07, 6.45) is 0.677. The maximum atomic E-state index is 11.9. The van der Waals surface area contributed by atoms with Crippen LogP contribution in [0, 0.1) is 0 Å². The fraction of sp³-hybridized carbons (Fsp3) is 0.333. The number of hydrogen-bond acceptors (Lipinski definition) is 1. The van der Waals surface area contributed by atoms with Gasteiger partial charge in [-0.25, -0.2) is 0 Å². The first-order valence-electron chi connectivity index (χ1n) is 3.97. The van der Waals surface area contributed by atoms with Gasteiger partial charge < -0.3 is 4.74 Å². The molecule has 14 heavy (non-hydrogen) atoms. The summed E-state index contributed by atoms with van der Waals surface area (Å²) in [4.78, 5) is 0. The first-order valence-corrected chi connectivity index (χ1v) is 4.73. The van der Waals surface area contributed by atoms with E-state index >= 15 is 0 Å². The predicted octanol–water partition coefficient (Wildman–Crippen LogP) is 4.16. The van der Waals surface area contributed by atoms with Gasteiger partial charge in [-0.3, -0.25) is 0 Å². The minimum Gasteiger partial charge on any atom is -0.433 e. The molecular formula is C9H8Cl2F2O. The predicted molar refractivity (Wildman–Crippen MR) is 52.5 cm³/mol. The largest absolute Gasteiger partial charge is 0.433 e. The van der Waals surface area contributed by atoms with Gasteiger partial charge in [0.15, 0.2) is 0 Å². The van der Waals surface area contributed by atoms with Crippen LogP contribution in [0.2, 0.25) is 10.0 Å². The second-order valence-corrected chi connectivity index (χ2v) is 3.41. The number of hydrogen-bond donors (Lipinski definition) is 0. The van der Waals surface area contributed by atoms with E-state index in [-0.39, 0.29) is 15.8 Å². The Labute approximate surface area is 90.6 Å². The monoisotopic (exact) mass is 240 g/mol. The lowest BCUT2D eigenvalue weighted by Gasteiger charge is -2.09. The fourth-order valence-electron chi connectivity index (χ4n) is 1.00. The van der Waals surface area contributed by atoms with E-state index in [1.807, 2.05) is 6.92 Å². The molecule has 5 heteroatoms. The molecule has 0 atom stereocenters. The quantitative estimate of drug-likeness (QED) is 0.772. The van der Waals surface area contributed by atoms with Crippen molar-refractivity contribution in [2.45, 2.75) is 20.0 Å². The zero-order chi connectivity index (χ0) is 10.7. The van der Waals surface area contributed by atoms with Crippen LogP contribution in [-0.4, -0.2) is 6.61 Å². The van der Waals surface area contributed by atoms with Crippen molar-refractivity contribution < 1.29 is 13.5 Å². The van der Waals surface area contributed by atoms with E-state index in [1.54, 1.807) is 6.07 Å². The van der Waals surface area contributed by atoms with Gasteiger partial charge in [-0.2, -0.15) is 8.78 Å². The Morgan fingerprint density at radius 3 is 2.50 bits per heavy atom. The number of rotatable bonds is 3. The summed E-state index contributed by atoms with van der Waals surface area (Å²) in [6, 6.07) is 3.09. The van der Waals surface area contributed by atoms with Crippen molar-refractivity contribution in [1.82, 2.24) is 0 Å². The highest BCUT2D eigenvalue weighted by atomic mass is 35.5. The molecule has 1 aromatic rings. The molecule has 0 saturated heterocycles. The summed E-state index contributed by atoms with van der Waals surface area (Å²) in [5, 5.41) is 0.242. The molecule has 1 aromatic carbocycles. The molecule has 0 aliphatic carbocycles. The maximum absolute atomic E-state index is 11.9. The van der Waals surface area contributed by atoms with Gasteiger partial charge >= 0.3 is 6.61 Å². The fourth-order valence-corrected chi connectivity index (χ4v) is 1.39. The second-order valence-electron chi connectivity index (χ2n) is 2.62. The number of ether oxygens (including phenoxy) is 1. The van der Waals surface area contributed by atoms with E-state index in [9.17, 15) is 8.78 Å². The summed E-state index contributed by atoms with van der Waals surface area (Å²) in [5.41, 5.74) is 0.801. The first kappa shape index (κ1) is 11.5. The average Bonchev–Trinajstić information content (AvgIpc) is 2.11. The lowest BCUT2D eigenvalue weighted by atomic mass is 10.1. The Kier molecular flexibility index (Phi) is 3.96. The van der Waals surface area contributed by atoms with E-state index in [4.69, 9.17) is 23.2 Å². The van der Waals surface area contributed by atoms with Crippen LogP contribution in [0.5, 0.6) is 5.75 Å². The Hall–Kier alpha value is -0.540. The summed E-state index contributed by atoms with van der Waals surface area (Å²) in [6.45, 7) is -1.01. The van der Waals surface area contributed by atoms with E-state index in [2.05, 4.69) is 4.74 Å². The van der Waals surface area contributed by atoms with Crippen LogP contribution in [0.4, 0.5) is 8.78 Å². The summed E-state index contributed by atoms with van der Waals surface area (Å²) in [7, 11) is 0. The van der Waals surface area contributed by atoms with Gasteiger partial charge in [0, 0.05) is 0 Å². The van der Waals surface area contributed by atoms with Crippen LogP contribution < -0.4 is 4.74 Å². The minimum absolute atomic E-state index is 0.0177. The number of alkyl halides is 2. The third-order valence-electron chi connectivity index (χ3n) is 1.68. The van der Waals surface area contributed by atoms with Gasteiger partial charge in [0.2, 0.25) is 0 Å². The van der Waals surface area contributed by atoms with Crippen molar-refractivity contribution in [2.24, 2.45) is 0 Å². The molecule has 0 N–H and O–H groups in total. The van der Waals surface area contributed by atoms with Gasteiger partial charge in [-0.15, -0.1) is 0 Å². The van der Waals surface area contributed by atoms with Gasteiger partial charge in [-0.1, -0.05) is 30.1 Å². The zero-order valence-electron chi connectivity index (χ0n) is 7.36. The number of aryl methyl sites for hydroxylation is 1. The highest BCUT2D eigenvalue weighted by molar-refractivity contribution is 6.43. The van der Waals surface area contributed by atoms with Crippen LogP contribution in [0.25, 0.3) is 0 Å². The minimum atomic E-state index is -2.89. The molecule has 0 fully saturated rings.